The smallest absolute Gasteiger partial charge is 0.170 e. The van der Waals surface area contributed by atoms with Gasteiger partial charge in [-0.25, -0.2) is 0 Å². The number of furan rings is 2. The topological polar surface area (TPSA) is 26.3 Å². The Balaban J connectivity index is 2.02. The van der Waals surface area contributed by atoms with Gasteiger partial charge in [-0.05, 0) is 112 Å². The fraction of sp³-hybridized carbons (Fsp3) is 0.333. The standard InChI is InChI=1S/C24H26O2/c1-11-13(3)17(7)23-19(15(11)5)9-21(25-23)22-10-20-16(6)12(2)14(4)18(8)24(20)26-22/h9-10H,1-8H3. The van der Waals surface area contributed by atoms with Crippen molar-refractivity contribution in [1.82, 2.24) is 0 Å². The number of aryl methyl sites for hydroxylation is 4. The zero-order valence-corrected chi connectivity index (χ0v) is 17.0. The summed E-state index contributed by atoms with van der Waals surface area (Å²) in [4.78, 5) is 0. The lowest BCUT2D eigenvalue weighted by atomic mass is 9.96. The number of rotatable bonds is 1. The second kappa shape index (κ2) is 5.51. The molecule has 0 aliphatic carbocycles. The Morgan fingerprint density at radius 2 is 0.731 bits per heavy atom. The minimum Gasteiger partial charge on any atom is -0.452 e. The summed E-state index contributed by atoms with van der Waals surface area (Å²) < 4.78 is 12.6. The summed E-state index contributed by atoms with van der Waals surface area (Å²) in [5.41, 5.74) is 12.2. The van der Waals surface area contributed by atoms with Crippen LogP contribution in [0.2, 0.25) is 0 Å². The van der Waals surface area contributed by atoms with Gasteiger partial charge < -0.3 is 8.83 Å². The molecule has 2 heterocycles. The third kappa shape index (κ3) is 2.11. The van der Waals surface area contributed by atoms with Crippen molar-refractivity contribution in [1.29, 1.82) is 0 Å². The molecule has 0 spiro atoms. The van der Waals surface area contributed by atoms with Gasteiger partial charge in [-0.2, -0.15) is 0 Å². The first-order valence-corrected chi connectivity index (χ1v) is 9.22. The number of hydrogen-bond donors (Lipinski definition) is 0. The van der Waals surface area contributed by atoms with Crippen LogP contribution in [0.5, 0.6) is 0 Å². The Morgan fingerprint density at radius 1 is 0.423 bits per heavy atom. The van der Waals surface area contributed by atoms with E-state index in [0.717, 1.165) is 22.7 Å². The minimum absolute atomic E-state index is 0.807. The highest BCUT2D eigenvalue weighted by molar-refractivity contribution is 5.93. The molecule has 0 saturated carbocycles. The van der Waals surface area contributed by atoms with Crippen molar-refractivity contribution in [2.75, 3.05) is 0 Å². The van der Waals surface area contributed by atoms with Crippen LogP contribution in [0.3, 0.4) is 0 Å². The van der Waals surface area contributed by atoms with Gasteiger partial charge >= 0.3 is 0 Å². The number of fused-ring (bicyclic) bond motifs is 2. The van der Waals surface area contributed by atoms with Crippen LogP contribution in [-0.4, -0.2) is 0 Å². The van der Waals surface area contributed by atoms with Gasteiger partial charge in [0.1, 0.15) is 11.2 Å². The van der Waals surface area contributed by atoms with Crippen LogP contribution in [0.1, 0.15) is 44.5 Å². The van der Waals surface area contributed by atoms with Gasteiger partial charge in [0, 0.05) is 10.8 Å². The van der Waals surface area contributed by atoms with Crippen LogP contribution >= 0.6 is 0 Å². The molecule has 2 heteroatoms. The first-order chi connectivity index (χ1) is 12.2. The molecule has 2 nitrogen and oxygen atoms in total. The summed E-state index contributed by atoms with van der Waals surface area (Å²) in [6, 6.07) is 4.26. The second-order valence-corrected chi connectivity index (χ2v) is 7.71. The maximum absolute atomic E-state index is 6.28. The van der Waals surface area contributed by atoms with Crippen molar-refractivity contribution in [2.24, 2.45) is 0 Å². The lowest BCUT2D eigenvalue weighted by Crippen LogP contribution is -1.91. The van der Waals surface area contributed by atoms with E-state index in [1.165, 1.54) is 55.3 Å². The van der Waals surface area contributed by atoms with E-state index in [1.54, 1.807) is 0 Å². The van der Waals surface area contributed by atoms with Gasteiger partial charge in [0.05, 0.1) is 0 Å². The quantitative estimate of drug-likeness (QED) is 0.361. The summed E-state index contributed by atoms with van der Waals surface area (Å²) in [5.74, 6) is 1.61. The SMILES string of the molecule is Cc1c(C)c(C)c2oc(-c3cc4c(C)c(C)c(C)c(C)c4o3)cc2c1C. The van der Waals surface area contributed by atoms with Crippen molar-refractivity contribution in [3.05, 3.63) is 56.6 Å². The summed E-state index contributed by atoms with van der Waals surface area (Å²) in [5, 5.41) is 2.36. The molecule has 26 heavy (non-hydrogen) atoms. The molecule has 134 valence electrons. The van der Waals surface area contributed by atoms with E-state index in [2.05, 4.69) is 67.5 Å². The summed E-state index contributed by atoms with van der Waals surface area (Å²) >= 11 is 0. The molecule has 0 unspecified atom stereocenters. The summed E-state index contributed by atoms with van der Waals surface area (Å²) in [6.07, 6.45) is 0. The molecule has 2 aromatic heterocycles. The molecule has 0 amide bonds. The molecule has 0 aliphatic heterocycles. The first-order valence-electron chi connectivity index (χ1n) is 9.22. The average Bonchev–Trinajstić information content (AvgIpc) is 3.26. The van der Waals surface area contributed by atoms with Crippen molar-refractivity contribution < 1.29 is 8.83 Å². The Hall–Kier alpha value is -2.48. The zero-order valence-electron chi connectivity index (χ0n) is 17.0. The molecule has 4 rings (SSSR count). The Kier molecular flexibility index (Phi) is 3.59. The van der Waals surface area contributed by atoms with Gasteiger partial charge in [-0.3, -0.25) is 0 Å². The fourth-order valence-electron chi connectivity index (χ4n) is 4.01. The highest BCUT2D eigenvalue weighted by atomic mass is 16.4. The monoisotopic (exact) mass is 346 g/mol. The van der Waals surface area contributed by atoms with Crippen LogP contribution in [-0.2, 0) is 0 Å². The van der Waals surface area contributed by atoms with Crippen LogP contribution in [0.25, 0.3) is 33.5 Å². The fourth-order valence-corrected chi connectivity index (χ4v) is 4.01. The largest absolute Gasteiger partial charge is 0.452 e. The van der Waals surface area contributed by atoms with E-state index in [-0.39, 0.29) is 0 Å². The molecule has 0 aliphatic rings. The molecule has 4 aromatic rings. The first kappa shape index (κ1) is 17.0. The van der Waals surface area contributed by atoms with Crippen molar-refractivity contribution in [2.45, 2.75) is 55.4 Å². The van der Waals surface area contributed by atoms with Crippen LogP contribution in [0.15, 0.2) is 21.0 Å². The molecule has 0 atom stereocenters. The lowest BCUT2D eigenvalue weighted by Gasteiger charge is -2.09. The highest BCUT2D eigenvalue weighted by Crippen LogP contribution is 2.39. The maximum atomic E-state index is 6.28. The number of benzene rings is 2. The van der Waals surface area contributed by atoms with Gasteiger partial charge in [0.25, 0.3) is 0 Å². The summed E-state index contributed by atoms with van der Waals surface area (Å²) in [7, 11) is 0. The average molecular weight is 346 g/mol. The lowest BCUT2D eigenvalue weighted by molar-refractivity contribution is 0.566. The van der Waals surface area contributed by atoms with Crippen LogP contribution in [0.4, 0.5) is 0 Å². The molecular formula is C24H26O2. The molecule has 0 radical (unpaired) electrons. The van der Waals surface area contributed by atoms with E-state index < -0.39 is 0 Å². The molecular weight excluding hydrogens is 320 g/mol. The van der Waals surface area contributed by atoms with E-state index in [0.29, 0.717) is 0 Å². The van der Waals surface area contributed by atoms with Gasteiger partial charge in [-0.15, -0.1) is 0 Å². The normalized spacial score (nSPS) is 11.8. The van der Waals surface area contributed by atoms with Crippen molar-refractivity contribution >= 4 is 21.9 Å². The molecule has 0 fully saturated rings. The third-order valence-corrected chi connectivity index (χ3v) is 6.57. The summed E-state index contributed by atoms with van der Waals surface area (Å²) in [6.45, 7) is 17.3. The van der Waals surface area contributed by atoms with E-state index in [1.807, 2.05) is 0 Å². The van der Waals surface area contributed by atoms with E-state index in [9.17, 15) is 0 Å². The predicted molar refractivity (Wildman–Crippen MR) is 109 cm³/mol. The van der Waals surface area contributed by atoms with E-state index >= 15 is 0 Å². The maximum Gasteiger partial charge on any atom is 0.170 e. The minimum atomic E-state index is 0.807. The number of hydrogen-bond acceptors (Lipinski definition) is 2. The Bertz CT molecular complexity index is 1010. The Labute approximate surface area is 154 Å². The van der Waals surface area contributed by atoms with Gasteiger partial charge in [0.15, 0.2) is 11.5 Å². The van der Waals surface area contributed by atoms with E-state index in [4.69, 9.17) is 8.83 Å². The highest BCUT2D eigenvalue weighted by Gasteiger charge is 2.19. The predicted octanol–water partition coefficient (Wildman–Crippen LogP) is 7.31. The Morgan fingerprint density at radius 3 is 1.08 bits per heavy atom. The molecule has 0 bridgehead atoms. The zero-order chi connectivity index (χ0) is 18.9. The van der Waals surface area contributed by atoms with Crippen LogP contribution < -0.4 is 0 Å². The second-order valence-electron chi connectivity index (χ2n) is 7.71. The van der Waals surface area contributed by atoms with Gasteiger partial charge in [0.2, 0.25) is 0 Å². The van der Waals surface area contributed by atoms with Crippen molar-refractivity contribution in [3.63, 3.8) is 0 Å². The molecule has 0 N–H and O–H groups in total. The third-order valence-electron chi connectivity index (χ3n) is 6.57. The molecule has 2 aromatic carbocycles. The van der Waals surface area contributed by atoms with Crippen molar-refractivity contribution in [3.8, 4) is 11.5 Å². The van der Waals surface area contributed by atoms with Crippen LogP contribution in [0, 0.1) is 55.4 Å². The molecule has 0 saturated heterocycles. The van der Waals surface area contributed by atoms with Gasteiger partial charge in [-0.1, -0.05) is 0 Å².